The Labute approximate surface area is 224 Å². The van der Waals surface area contributed by atoms with Crippen LogP contribution in [-0.4, -0.2) is 45.1 Å². The molecule has 0 unspecified atom stereocenters. The van der Waals surface area contributed by atoms with E-state index in [1.807, 2.05) is 31.2 Å². The minimum atomic E-state index is -0.768. The Hall–Kier alpha value is -4.05. The summed E-state index contributed by atoms with van der Waals surface area (Å²) < 4.78 is 29.5. The van der Waals surface area contributed by atoms with Crippen LogP contribution in [0.1, 0.15) is 37.9 Å². The van der Waals surface area contributed by atoms with Gasteiger partial charge >= 0.3 is 5.97 Å². The number of esters is 1. The number of thiazole rings is 1. The van der Waals surface area contributed by atoms with Gasteiger partial charge in [0.1, 0.15) is 11.8 Å². The van der Waals surface area contributed by atoms with Crippen LogP contribution in [0.2, 0.25) is 0 Å². The van der Waals surface area contributed by atoms with Gasteiger partial charge in [-0.15, -0.1) is 0 Å². The average molecular weight is 539 g/mol. The number of allylic oxidation sites excluding steroid dienone is 1. The lowest BCUT2D eigenvalue weighted by atomic mass is 9.95. The highest BCUT2D eigenvalue weighted by molar-refractivity contribution is 7.07. The van der Waals surface area contributed by atoms with Crippen LogP contribution >= 0.6 is 11.3 Å². The Kier molecular flexibility index (Phi) is 8.21. The predicted molar refractivity (Wildman–Crippen MR) is 144 cm³/mol. The van der Waals surface area contributed by atoms with Gasteiger partial charge in [-0.3, -0.25) is 9.36 Å². The Morgan fingerprint density at radius 1 is 1.03 bits per heavy atom. The summed E-state index contributed by atoms with van der Waals surface area (Å²) in [7, 11) is 4.59. The lowest BCUT2D eigenvalue weighted by Gasteiger charge is -2.26. The smallest absolute Gasteiger partial charge is 0.338 e. The first kappa shape index (κ1) is 27.0. The number of nitrogens with zero attached hydrogens (tertiary/aromatic N) is 2. The van der Waals surface area contributed by atoms with Crippen molar-refractivity contribution in [1.29, 1.82) is 0 Å². The van der Waals surface area contributed by atoms with Crippen molar-refractivity contribution in [2.45, 2.75) is 26.8 Å². The van der Waals surface area contributed by atoms with Crippen LogP contribution in [0.5, 0.6) is 23.0 Å². The second-order valence-electron chi connectivity index (χ2n) is 8.23. The molecule has 0 aliphatic carbocycles. The fourth-order valence-corrected chi connectivity index (χ4v) is 5.46. The van der Waals surface area contributed by atoms with Crippen molar-refractivity contribution in [1.82, 2.24) is 4.57 Å². The highest BCUT2D eigenvalue weighted by Crippen LogP contribution is 2.39. The van der Waals surface area contributed by atoms with Crippen LogP contribution in [0.25, 0.3) is 6.08 Å². The first-order valence-electron chi connectivity index (χ1n) is 12.1. The zero-order chi connectivity index (χ0) is 27.4. The molecule has 2 aromatic carbocycles. The van der Waals surface area contributed by atoms with Crippen molar-refractivity contribution in [2.75, 3.05) is 34.5 Å². The fourth-order valence-electron chi connectivity index (χ4n) is 4.42. The minimum absolute atomic E-state index is 0.195. The van der Waals surface area contributed by atoms with Crippen LogP contribution in [0.3, 0.4) is 0 Å². The Balaban J connectivity index is 1.98. The van der Waals surface area contributed by atoms with Crippen molar-refractivity contribution in [3.05, 3.63) is 78.5 Å². The molecule has 1 atom stereocenters. The molecule has 0 bridgehead atoms. The first-order valence-corrected chi connectivity index (χ1v) is 12.9. The number of fused-ring (bicyclic) bond motifs is 1. The van der Waals surface area contributed by atoms with Crippen molar-refractivity contribution in [3.8, 4) is 23.0 Å². The zero-order valence-corrected chi connectivity index (χ0v) is 23.0. The van der Waals surface area contributed by atoms with Crippen LogP contribution in [0, 0.1) is 0 Å². The first-order chi connectivity index (χ1) is 18.4. The molecule has 0 N–H and O–H groups in total. The van der Waals surface area contributed by atoms with Gasteiger partial charge in [-0.1, -0.05) is 29.5 Å². The van der Waals surface area contributed by atoms with Gasteiger partial charge in [0.05, 0.1) is 50.3 Å². The molecule has 2 heterocycles. The number of ether oxygens (including phenoxy) is 5. The molecule has 0 fully saturated rings. The summed E-state index contributed by atoms with van der Waals surface area (Å²) in [5, 5.41) is 0. The topological polar surface area (TPSA) is 97.6 Å². The molecular formula is C28H30N2O7S. The summed E-state index contributed by atoms with van der Waals surface area (Å²) >= 11 is 1.23. The van der Waals surface area contributed by atoms with Gasteiger partial charge in [-0.05, 0) is 50.6 Å². The van der Waals surface area contributed by atoms with E-state index in [2.05, 4.69) is 4.99 Å². The molecule has 0 saturated heterocycles. The summed E-state index contributed by atoms with van der Waals surface area (Å²) in [5.41, 5.74) is 1.84. The lowest BCUT2D eigenvalue weighted by molar-refractivity contribution is -0.139. The second-order valence-corrected chi connectivity index (χ2v) is 9.24. The van der Waals surface area contributed by atoms with E-state index in [0.717, 1.165) is 0 Å². The standard InChI is InChI=1S/C28H30N2O7S/c1-7-36-19-12-10-9-11-18(19)24-23(27(32)37-8-2)16(3)29-28-30(24)26(31)22(38-28)15-17-13-20(33-4)25(35-6)21(14-17)34-5/h9-15,24H,7-8H2,1-6H3/b22-15-/t24-/m0/s1. The van der Waals surface area contributed by atoms with Gasteiger partial charge in [-0.2, -0.15) is 0 Å². The number of rotatable bonds is 9. The van der Waals surface area contributed by atoms with E-state index in [4.69, 9.17) is 23.7 Å². The van der Waals surface area contributed by atoms with E-state index in [1.54, 1.807) is 32.1 Å². The maximum absolute atomic E-state index is 13.9. The molecule has 0 amide bonds. The number of para-hydroxylation sites is 1. The third-order valence-electron chi connectivity index (χ3n) is 6.02. The molecule has 9 nitrogen and oxygen atoms in total. The highest BCUT2D eigenvalue weighted by Gasteiger charge is 2.35. The summed E-state index contributed by atoms with van der Waals surface area (Å²) in [6.07, 6.45) is 1.74. The number of hydrogen-bond donors (Lipinski definition) is 0. The van der Waals surface area contributed by atoms with E-state index in [1.165, 1.54) is 37.2 Å². The van der Waals surface area contributed by atoms with Crippen LogP contribution in [0.15, 0.2) is 57.5 Å². The summed E-state index contributed by atoms with van der Waals surface area (Å²) in [4.78, 5) is 32.2. The monoisotopic (exact) mass is 538 g/mol. The predicted octanol–water partition coefficient (Wildman–Crippen LogP) is 3.22. The van der Waals surface area contributed by atoms with E-state index < -0.39 is 12.0 Å². The van der Waals surface area contributed by atoms with Crippen molar-refractivity contribution in [2.24, 2.45) is 4.99 Å². The third kappa shape index (κ3) is 4.91. The Morgan fingerprint density at radius 2 is 1.71 bits per heavy atom. The highest BCUT2D eigenvalue weighted by atomic mass is 32.1. The molecule has 38 heavy (non-hydrogen) atoms. The fraction of sp³-hybridized carbons (Fsp3) is 0.321. The quantitative estimate of drug-likeness (QED) is 0.386. The molecule has 0 spiro atoms. The number of benzene rings is 2. The minimum Gasteiger partial charge on any atom is -0.494 e. The number of aromatic nitrogens is 1. The van der Waals surface area contributed by atoms with Crippen molar-refractivity contribution >= 4 is 23.4 Å². The van der Waals surface area contributed by atoms with Gasteiger partial charge in [0.25, 0.3) is 5.56 Å². The maximum atomic E-state index is 13.9. The molecule has 3 aromatic rings. The zero-order valence-electron chi connectivity index (χ0n) is 22.2. The molecule has 200 valence electrons. The lowest BCUT2D eigenvalue weighted by Crippen LogP contribution is -2.40. The van der Waals surface area contributed by atoms with Gasteiger partial charge in [0.2, 0.25) is 5.75 Å². The number of carbonyl (C=O) groups is 1. The molecule has 0 radical (unpaired) electrons. The van der Waals surface area contributed by atoms with Crippen molar-refractivity contribution < 1.29 is 28.5 Å². The van der Waals surface area contributed by atoms with Gasteiger partial charge in [0, 0.05) is 5.56 Å². The number of methoxy groups -OCH3 is 3. The van der Waals surface area contributed by atoms with Crippen LogP contribution in [-0.2, 0) is 9.53 Å². The normalized spacial score (nSPS) is 15.0. The summed E-state index contributed by atoms with van der Waals surface area (Å²) in [5.74, 6) is 1.44. The maximum Gasteiger partial charge on any atom is 0.338 e. The molecule has 4 rings (SSSR count). The van der Waals surface area contributed by atoms with Gasteiger partial charge in [0.15, 0.2) is 16.3 Å². The summed E-state index contributed by atoms with van der Waals surface area (Å²) in [6, 6.07) is 10.1. The number of hydrogen-bond acceptors (Lipinski definition) is 9. The third-order valence-corrected chi connectivity index (χ3v) is 7.00. The average Bonchev–Trinajstić information content (AvgIpc) is 3.21. The largest absolute Gasteiger partial charge is 0.494 e. The van der Waals surface area contributed by atoms with Crippen molar-refractivity contribution in [3.63, 3.8) is 0 Å². The van der Waals surface area contributed by atoms with Gasteiger partial charge in [-0.25, -0.2) is 9.79 Å². The Morgan fingerprint density at radius 3 is 2.32 bits per heavy atom. The van der Waals surface area contributed by atoms with E-state index >= 15 is 0 Å². The van der Waals surface area contributed by atoms with Gasteiger partial charge < -0.3 is 23.7 Å². The van der Waals surface area contributed by atoms with Crippen LogP contribution in [0.4, 0.5) is 0 Å². The van der Waals surface area contributed by atoms with E-state index in [9.17, 15) is 9.59 Å². The molecule has 1 aliphatic rings. The molecular weight excluding hydrogens is 508 g/mol. The molecule has 1 aliphatic heterocycles. The molecule has 10 heteroatoms. The SMILES string of the molecule is CCOC(=O)C1=C(C)N=c2s/c(=C\c3cc(OC)c(OC)c(OC)c3)c(=O)n2[C@H]1c1ccccc1OCC. The number of carbonyl (C=O) groups excluding carboxylic acids is 1. The molecule has 0 saturated carbocycles. The second kappa shape index (κ2) is 11.6. The Bertz CT molecular complexity index is 1540. The van der Waals surface area contributed by atoms with E-state index in [0.29, 0.717) is 61.3 Å². The van der Waals surface area contributed by atoms with Crippen LogP contribution < -0.4 is 33.8 Å². The molecule has 1 aromatic heterocycles. The summed E-state index contributed by atoms with van der Waals surface area (Å²) in [6.45, 7) is 5.99. The van der Waals surface area contributed by atoms with E-state index in [-0.39, 0.29) is 12.2 Å².